The van der Waals surface area contributed by atoms with E-state index in [1.165, 1.54) is 0 Å². The van der Waals surface area contributed by atoms with Gasteiger partial charge in [-0.25, -0.2) is 15.0 Å². The number of imidazole rings is 1. The first-order chi connectivity index (χ1) is 15.2. The van der Waals surface area contributed by atoms with Crippen molar-refractivity contribution in [1.29, 1.82) is 0 Å². The lowest BCUT2D eigenvalue weighted by Crippen LogP contribution is -2.49. The minimum atomic E-state index is 0. The molecule has 10 heteroatoms. The molecule has 0 aliphatic carbocycles. The van der Waals surface area contributed by atoms with E-state index in [0.29, 0.717) is 24.3 Å². The number of aromatic nitrogens is 5. The third-order valence-corrected chi connectivity index (χ3v) is 5.72. The first kappa shape index (κ1) is 24.0. The number of guanidine groups is 1. The predicted molar refractivity (Wildman–Crippen MR) is 135 cm³/mol. The van der Waals surface area contributed by atoms with Gasteiger partial charge in [-0.05, 0) is 43.5 Å². The summed E-state index contributed by atoms with van der Waals surface area (Å²) in [7, 11) is 1.65. The quantitative estimate of drug-likeness (QED) is 0.278. The molecule has 0 bridgehead atoms. The monoisotopic (exact) mass is 550 g/mol. The van der Waals surface area contributed by atoms with Gasteiger partial charge in [0.25, 0.3) is 0 Å². The minimum absolute atomic E-state index is 0. The lowest BCUT2D eigenvalue weighted by Gasteiger charge is -2.39. The Hall–Kier alpha value is -2.63. The Bertz CT molecular complexity index is 986. The molecule has 9 nitrogen and oxygen atoms in total. The molecule has 0 radical (unpaired) electrons. The topological polar surface area (TPSA) is 96.2 Å². The van der Waals surface area contributed by atoms with E-state index in [2.05, 4.69) is 48.8 Å². The fraction of sp³-hybridized carbons (Fsp3) is 0.455. The number of hydrogen-bond acceptors (Lipinski definition) is 5. The number of nitrogens with zero attached hydrogens (tertiary/aromatic N) is 6. The number of H-pyrrole nitrogens is 1. The molecule has 1 aliphatic heterocycles. The number of rotatable bonds is 6. The highest BCUT2D eigenvalue weighted by atomic mass is 127. The fourth-order valence-corrected chi connectivity index (χ4v) is 3.91. The molecule has 1 aromatic carbocycles. The summed E-state index contributed by atoms with van der Waals surface area (Å²) >= 11 is 0. The number of aromatic amines is 1. The van der Waals surface area contributed by atoms with Crippen LogP contribution >= 0.6 is 24.0 Å². The molecule has 32 heavy (non-hydrogen) atoms. The Balaban J connectivity index is 0.00000289. The number of methoxy groups -OCH3 is 1. The van der Waals surface area contributed by atoms with Gasteiger partial charge in [0, 0.05) is 37.6 Å². The van der Waals surface area contributed by atoms with Crippen molar-refractivity contribution < 1.29 is 4.74 Å². The zero-order chi connectivity index (χ0) is 21.6. The Morgan fingerprint density at radius 2 is 2.12 bits per heavy atom. The van der Waals surface area contributed by atoms with Crippen molar-refractivity contribution in [3.05, 3.63) is 48.8 Å². The van der Waals surface area contributed by atoms with E-state index < -0.39 is 0 Å². The molecule has 1 fully saturated rings. The molecular formula is C22H31IN8O. The SMILES string of the molecule is CCNC(=NCc1nc(-c2ccc(OC)cc2)n[nH]1)N1CCC(C)C(n2ccnc2)C1.I. The highest BCUT2D eigenvalue weighted by Crippen LogP contribution is 2.27. The number of ether oxygens (including phenoxy) is 1. The number of piperidine rings is 1. The summed E-state index contributed by atoms with van der Waals surface area (Å²) in [5.74, 6) is 3.70. The summed E-state index contributed by atoms with van der Waals surface area (Å²) in [6.07, 6.45) is 6.90. The maximum Gasteiger partial charge on any atom is 0.194 e. The Morgan fingerprint density at radius 3 is 2.81 bits per heavy atom. The van der Waals surface area contributed by atoms with Crippen molar-refractivity contribution in [3.63, 3.8) is 0 Å². The zero-order valence-corrected chi connectivity index (χ0v) is 21.1. The molecule has 0 saturated carbocycles. The van der Waals surface area contributed by atoms with Crippen LogP contribution in [0.1, 0.15) is 32.1 Å². The van der Waals surface area contributed by atoms with Crippen LogP contribution in [0.15, 0.2) is 48.0 Å². The zero-order valence-electron chi connectivity index (χ0n) is 18.7. The van der Waals surface area contributed by atoms with Gasteiger partial charge in [0.2, 0.25) is 0 Å². The Morgan fingerprint density at radius 1 is 1.31 bits per heavy atom. The fourth-order valence-electron chi connectivity index (χ4n) is 3.91. The van der Waals surface area contributed by atoms with Gasteiger partial charge >= 0.3 is 0 Å². The molecule has 4 rings (SSSR count). The average Bonchev–Trinajstić information content (AvgIpc) is 3.50. The van der Waals surface area contributed by atoms with Crippen LogP contribution in [-0.4, -0.2) is 62.3 Å². The molecule has 2 aromatic heterocycles. The van der Waals surface area contributed by atoms with Gasteiger partial charge in [0.1, 0.15) is 18.1 Å². The number of benzene rings is 1. The smallest absolute Gasteiger partial charge is 0.194 e. The van der Waals surface area contributed by atoms with Gasteiger partial charge in [-0.15, -0.1) is 24.0 Å². The normalized spacial score (nSPS) is 18.8. The Kier molecular flexibility index (Phi) is 8.48. The number of hydrogen-bond donors (Lipinski definition) is 2. The first-order valence-electron chi connectivity index (χ1n) is 10.7. The van der Waals surface area contributed by atoms with E-state index in [-0.39, 0.29) is 24.0 Å². The van der Waals surface area contributed by atoms with Crippen LogP contribution in [0.5, 0.6) is 5.75 Å². The van der Waals surface area contributed by atoms with E-state index in [0.717, 1.165) is 49.2 Å². The second kappa shape index (κ2) is 11.3. The highest BCUT2D eigenvalue weighted by Gasteiger charge is 2.28. The lowest BCUT2D eigenvalue weighted by atomic mass is 9.93. The molecule has 3 heterocycles. The molecule has 172 valence electrons. The summed E-state index contributed by atoms with van der Waals surface area (Å²) in [5, 5.41) is 10.8. The van der Waals surface area contributed by atoms with Crippen LogP contribution in [-0.2, 0) is 6.54 Å². The van der Waals surface area contributed by atoms with Crippen molar-refractivity contribution >= 4 is 29.9 Å². The molecule has 3 aromatic rings. The van der Waals surface area contributed by atoms with Crippen molar-refractivity contribution in [1.82, 2.24) is 34.9 Å². The van der Waals surface area contributed by atoms with Crippen LogP contribution in [0.4, 0.5) is 0 Å². The Labute approximate surface area is 205 Å². The van der Waals surface area contributed by atoms with Crippen LogP contribution < -0.4 is 10.1 Å². The van der Waals surface area contributed by atoms with Gasteiger partial charge in [-0.3, -0.25) is 5.10 Å². The third-order valence-electron chi connectivity index (χ3n) is 5.72. The van der Waals surface area contributed by atoms with Gasteiger partial charge in [-0.2, -0.15) is 5.10 Å². The second-order valence-electron chi connectivity index (χ2n) is 7.79. The van der Waals surface area contributed by atoms with Crippen molar-refractivity contribution in [2.45, 2.75) is 32.9 Å². The number of aliphatic imine (C=N–C) groups is 1. The minimum Gasteiger partial charge on any atom is -0.497 e. The largest absolute Gasteiger partial charge is 0.497 e. The van der Waals surface area contributed by atoms with Gasteiger partial charge in [-0.1, -0.05) is 6.92 Å². The molecule has 2 N–H and O–H groups in total. The molecule has 1 aliphatic rings. The van der Waals surface area contributed by atoms with Gasteiger partial charge < -0.3 is 19.5 Å². The van der Waals surface area contributed by atoms with Gasteiger partial charge in [0.15, 0.2) is 11.8 Å². The highest BCUT2D eigenvalue weighted by molar-refractivity contribution is 14.0. The van der Waals surface area contributed by atoms with E-state index >= 15 is 0 Å². The standard InChI is InChI=1S/C22H30N8O.HI/c1-4-24-22(29-11-9-16(2)19(14-29)30-12-10-23-15-30)25-13-20-26-21(28-27-20)17-5-7-18(31-3)8-6-17;/h5-8,10,12,15-16,19H,4,9,11,13-14H2,1-3H3,(H,24,25)(H,26,27,28);1H. The van der Waals surface area contributed by atoms with E-state index in [4.69, 9.17) is 9.73 Å². The van der Waals surface area contributed by atoms with Crippen molar-refractivity contribution in [3.8, 4) is 17.1 Å². The summed E-state index contributed by atoms with van der Waals surface area (Å²) in [4.78, 5) is 16.0. The molecule has 2 atom stereocenters. The maximum atomic E-state index is 5.21. The van der Waals surface area contributed by atoms with Crippen LogP contribution in [0.2, 0.25) is 0 Å². The van der Waals surface area contributed by atoms with E-state index in [9.17, 15) is 0 Å². The van der Waals surface area contributed by atoms with Crippen LogP contribution in [0, 0.1) is 5.92 Å². The van der Waals surface area contributed by atoms with Crippen molar-refractivity contribution in [2.24, 2.45) is 10.9 Å². The van der Waals surface area contributed by atoms with Gasteiger partial charge in [0.05, 0.1) is 19.5 Å². The summed E-state index contributed by atoms with van der Waals surface area (Å²) in [6, 6.07) is 8.09. The third kappa shape index (κ3) is 5.59. The summed E-state index contributed by atoms with van der Waals surface area (Å²) in [5.41, 5.74) is 0.937. The number of likely N-dealkylation sites (tertiary alicyclic amines) is 1. The molecule has 1 saturated heterocycles. The molecule has 0 amide bonds. The maximum absolute atomic E-state index is 5.21. The molecule has 2 unspecified atom stereocenters. The van der Waals surface area contributed by atoms with E-state index in [1.807, 2.05) is 43.0 Å². The predicted octanol–water partition coefficient (Wildman–Crippen LogP) is 3.34. The number of nitrogens with one attached hydrogen (secondary N) is 2. The second-order valence-corrected chi connectivity index (χ2v) is 7.79. The first-order valence-corrected chi connectivity index (χ1v) is 10.7. The van der Waals surface area contributed by atoms with Crippen LogP contribution in [0.25, 0.3) is 11.4 Å². The van der Waals surface area contributed by atoms with Crippen molar-refractivity contribution in [2.75, 3.05) is 26.7 Å². The lowest BCUT2D eigenvalue weighted by molar-refractivity contribution is 0.189. The summed E-state index contributed by atoms with van der Waals surface area (Å²) in [6.45, 7) is 7.52. The van der Waals surface area contributed by atoms with E-state index in [1.54, 1.807) is 7.11 Å². The average molecular weight is 550 g/mol. The molecule has 0 spiro atoms. The van der Waals surface area contributed by atoms with Crippen LogP contribution in [0.3, 0.4) is 0 Å². The number of halogens is 1. The molecular weight excluding hydrogens is 519 g/mol. The summed E-state index contributed by atoms with van der Waals surface area (Å²) < 4.78 is 7.42.